The van der Waals surface area contributed by atoms with Crippen LogP contribution >= 0.6 is 0 Å². The lowest BCUT2D eigenvalue weighted by molar-refractivity contribution is -0.251. The summed E-state index contributed by atoms with van der Waals surface area (Å²) in [5.74, 6) is 2.11. The number of rotatable bonds is 2. The number of ketones is 1. The summed E-state index contributed by atoms with van der Waals surface area (Å²) in [6.45, 7) is 17.7. The zero-order valence-corrected chi connectivity index (χ0v) is 23.0. The molecule has 4 aliphatic carbocycles. The predicted molar refractivity (Wildman–Crippen MR) is 134 cm³/mol. The molecule has 0 radical (unpaired) electrons. The maximum atomic E-state index is 12.9. The number of carbonyl (C=O) groups is 1. The summed E-state index contributed by atoms with van der Waals surface area (Å²) >= 11 is 0. The molecule has 1 heterocycles. The first-order chi connectivity index (χ1) is 15.5. The maximum absolute atomic E-state index is 12.9. The van der Waals surface area contributed by atoms with Gasteiger partial charge in [0.05, 0.1) is 23.4 Å². The van der Waals surface area contributed by atoms with Gasteiger partial charge in [0.2, 0.25) is 0 Å². The Balaban J connectivity index is 1.48. The summed E-state index contributed by atoms with van der Waals surface area (Å²) < 4.78 is 6.68. The zero-order valence-electron chi connectivity index (χ0n) is 23.0. The van der Waals surface area contributed by atoms with E-state index in [1.165, 1.54) is 6.42 Å². The monoisotopic (exact) mass is 474 g/mol. The molecule has 1 aliphatic heterocycles. The normalized spacial score (nSPS) is 54.9. The van der Waals surface area contributed by atoms with Crippen molar-refractivity contribution in [1.29, 1.82) is 0 Å². The predicted octanol–water partition coefficient (Wildman–Crippen LogP) is 5.92. The fourth-order valence-electron chi connectivity index (χ4n) is 10.9. The minimum atomic E-state index is -0.808. The van der Waals surface area contributed by atoms with Crippen LogP contribution in [0.3, 0.4) is 0 Å². The van der Waals surface area contributed by atoms with Gasteiger partial charge in [0.25, 0.3) is 0 Å². The Kier molecular flexibility index (Phi) is 5.42. The van der Waals surface area contributed by atoms with Crippen LogP contribution in [-0.4, -0.2) is 39.4 Å². The maximum Gasteiger partial charge on any atom is 0.138 e. The average molecular weight is 475 g/mol. The highest BCUT2D eigenvalue weighted by Gasteiger charge is 2.72. The molecule has 1 saturated heterocycles. The van der Waals surface area contributed by atoms with Crippen molar-refractivity contribution < 1.29 is 19.7 Å². The number of Topliss-reactive ketones (excluding diaryl/α,β-unsaturated/α-hetero) is 1. The van der Waals surface area contributed by atoms with Crippen LogP contribution in [0.15, 0.2) is 0 Å². The Morgan fingerprint density at radius 1 is 0.882 bits per heavy atom. The van der Waals surface area contributed by atoms with Crippen molar-refractivity contribution in [2.24, 2.45) is 45.3 Å². The fraction of sp³-hybridized carbons (Fsp3) is 0.967. The van der Waals surface area contributed by atoms with E-state index in [0.717, 1.165) is 44.9 Å². The first-order valence-electron chi connectivity index (χ1n) is 14.1. The summed E-state index contributed by atoms with van der Waals surface area (Å²) in [5, 5.41) is 22.6. The second-order valence-electron chi connectivity index (χ2n) is 15.1. The molecule has 34 heavy (non-hydrogen) atoms. The Bertz CT molecular complexity index is 858. The summed E-state index contributed by atoms with van der Waals surface area (Å²) in [7, 11) is 0. The molecule has 5 aliphatic rings. The zero-order chi connectivity index (χ0) is 25.1. The van der Waals surface area contributed by atoms with Crippen molar-refractivity contribution in [2.45, 2.75) is 137 Å². The number of ether oxygens (including phenoxy) is 1. The molecule has 4 heteroatoms. The van der Waals surface area contributed by atoms with Gasteiger partial charge < -0.3 is 14.9 Å². The van der Waals surface area contributed by atoms with Gasteiger partial charge in [-0.15, -0.1) is 0 Å². The van der Waals surface area contributed by atoms with Gasteiger partial charge in [-0.1, -0.05) is 34.6 Å². The van der Waals surface area contributed by atoms with E-state index in [4.69, 9.17) is 4.74 Å². The number of hydrogen-bond donors (Lipinski definition) is 2. The van der Waals surface area contributed by atoms with Gasteiger partial charge in [0.1, 0.15) is 5.78 Å². The quantitative estimate of drug-likeness (QED) is 0.521. The number of carbonyl (C=O) groups excluding carboxylic acids is 1. The molecular weight excluding hydrogens is 424 g/mol. The molecule has 0 aromatic heterocycles. The Labute approximate surface area is 207 Å². The van der Waals surface area contributed by atoms with Gasteiger partial charge in [0.15, 0.2) is 0 Å². The van der Waals surface area contributed by atoms with E-state index in [1.807, 2.05) is 13.8 Å². The van der Waals surface area contributed by atoms with Gasteiger partial charge in [0, 0.05) is 17.3 Å². The van der Waals surface area contributed by atoms with E-state index in [9.17, 15) is 15.0 Å². The minimum absolute atomic E-state index is 0.0682. The van der Waals surface area contributed by atoms with E-state index in [2.05, 4.69) is 41.5 Å². The van der Waals surface area contributed by atoms with Crippen molar-refractivity contribution in [3.8, 4) is 0 Å². The Hall–Kier alpha value is -0.450. The number of fused-ring (bicyclic) bond motifs is 5. The molecule has 0 aromatic rings. The molecule has 2 N–H and O–H groups in total. The van der Waals surface area contributed by atoms with Crippen molar-refractivity contribution in [2.75, 3.05) is 0 Å². The van der Waals surface area contributed by atoms with Crippen LogP contribution < -0.4 is 0 Å². The lowest BCUT2D eigenvalue weighted by atomic mass is 9.35. The minimum Gasteiger partial charge on any atom is -0.393 e. The first-order valence-corrected chi connectivity index (χ1v) is 14.1. The summed E-state index contributed by atoms with van der Waals surface area (Å²) in [4.78, 5) is 12.9. The lowest BCUT2D eigenvalue weighted by Crippen LogP contribution is -2.68. The second kappa shape index (κ2) is 7.32. The highest BCUT2D eigenvalue weighted by molar-refractivity contribution is 5.85. The summed E-state index contributed by atoms with van der Waals surface area (Å²) in [6.07, 6.45) is 8.51. The highest BCUT2D eigenvalue weighted by atomic mass is 16.5. The van der Waals surface area contributed by atoms with E-state index in [1.54, 1.807) is 0 Å². The smallest absolute Gasteiger partial charge is 0.138 e. The van der Waals surface area contributed by atoms with Crippen LogP contribution in [0, 0.1) is 45.3 Å². The van der Waals surface area contributed by atoms with Crippen LogP contribution in [0.5, 0.6) is 0 Å². The van der Waals surface area contributed by atoms with Gasteiger partial charge in [-0.2, -0.15) is 0 Å². The molecule has 4 nitrogen and oxygen atoms in total. The molecule has 5 rings (SSSR count). The van der Waals surface area contributed by atoms with Gasteiger partial charge in [-0.3, -0.25) is 4.79 Å². The van der Waals surface area contributed by atoms with Gasteiger partial charge in [-0.05, 0) is 107 Å². The fourth-order valence-corrected chi connectivity index (χ4v) is 10.9. The standard InChI is InChI=1S/C30H50O4/c1-25(2)21-17-23(32)30(8)20(27(21,5)14-12-22(25)31)10-9-18-19(11-15-28(18,30)6)29(7)16-13-24(34-29)26(3,4)33/h18-21,23-24,32-33H,9-17H2,1-8H3/t18-,19+,20-,21-,23-,24-,27-,28-,29+,30+/m1/s1. The third kappa shape index (κ3) is 3.03. The van der Waals surface area contributed by atoms with E-state index >= 15 is 0 Å². The molecule has 0 amide bonds. The summed E-state index contributed by atoms with van der Waals surface area (Å²) in [6, 6.07) is 0. The molecule has 0 spiro atoms. The Morgan fingerprint density at radius 3 is 2.18 bits per heavy atom. The van der Waals surface area contributed by atoms with E-state index in [-0.39, 0.29) is 45.4 Å². The SMILES string of the molecule is CC(C)(O)[C@H]1CC[C@@](C)([C@H]2CC[C@]3(C)[C@@H]2CC[C@@H]2[C@@]4(C)CCC(=O)C(C)(C)[C@H]4C[C@@H](O)[C@]23C)O1. The molecule has 0 aromatic carbocycles. The molecular formula is C30H50O4. The Morgan fingerprint density at radius 2 is 1.56 bits per heavy atom. The third-order valence-corrected chi connectivity index (χ3v) is 13.1. The van der Waals surface area contributed by atoms with E-state index in [0.29, 0.717) is 30.0 Å². The highest BCUT2D eigenvalue weighted by Crippen LogP contribution is 2.75. The van der Waals surface area contributed by atoms with Gasteiger partial charge >= 0.3 is 0 Å². The molecule has 5 fully saturated rings. The number of aliphatic hydroxyl groups is 2. The van der Waals surface area contributed by atoms with Crippen LogP contribution in [0.1, 0.15) is 113 Å². The van der Waals surface area contributed by atoms with E-state index < -0.39 is 5.60 Å². The largest absolute Gasteiger partial charge is 0.393 e. The topological polar surface area (TPSA) is 66.8 Å². The van der Waals surface area contributed by atoms with Gasteiger partial charge in [-0.25, -0.2) is 0 Å². The van der Waals surface area contributed by atoms with Crippen LogP contribution in [-0.2, 0) is 9.53 Å². The van der Waals surface area contributed by atoms with Crippen LogP contribution in [0.4, 0.5) is 0 Å². The van der Waals surface area contributed by atoms with Crippen molar-refractivity contribution in [1.82, 2.24) is 0 Å². The second-order valence-corrected chi connectivity index (χ2v) is 15.1. The summed E-state index contributed by atoms with van der Waals surface area (Å²) in [5.41, 5.74) is -1.31. The van der Waals surface area contributed by atoms with Crippen molar-refractivity contribution >= 4 is 5.78 Å². The molecule has 194 valence electrons. The van der Waals surface area contributed by atoms with Crippen LogP contribution in [0.2, 0.25) is 0 Å². The average Bonchev–Trinajstić information content (AvgIpc) is 3.30. The first kappa shape index (κ1) is 25.2. The van der Waals surface area contributed by atoms with Crippen molar-refractivity contribution in [3.63, 3.8) is 0 Å². The number of hydrogen-bond acceptors (Lipinski definition) is 4. The number of aliphatic hydroxyl groups excluding tert-OH is 1. The van der Waals surface area contributed by atoms with Crippen LogP contribution in [0.25, 0.3) is 0 Å². The lowest BCUT2D eigenvalue weighted by Gasteiger charge is -2.70. The van der Waals surface area contributed by atoms with Crippen molar-refractivity contribution in [3.05, 3.63) is 0 Å². The molecule has 0 bridgehead atoms. The molecule has 0 unspecified atom stereocenters. The third-order valence-electron chi connectivity index (χ3n) is 13.1. The molecule has 4 saturated carbocycles. The molecule has 10 atom stereocenters.